The standard InChI is InChI=1S/C19H24N4O2/c1-14(2)22(12-15-10-20-21(3)11-15)19(25)16-9-18(24)23(13-16)17-7-5-4-6-8-17/h4-8,10-11,14,16H,9,12-13H2,1-3H3/t16-/m0/s1. The van der Waals surface area contributed by atoms with E-state index in [1.807, 2.05) is 62.3 Å². The number of anilines is 1. The van der Waals surface area contributed by atoms with Crippen molar-refractivity contribution in [2.45, 2.75) is 32.9 Å². The summed E-state index contributed by atoms with van der Waals surface area (Å²) in [5.74, 6) is -0.257. The van der Waals surface area contributed by atoms with Crippen LogP contribution in [0, 0.1) is 5.92 Å². The lowest BCUT2D eigenvalue weighted by atomic mass is 10.1. The predicted octanol–water partition coefficient (Wildman–Crippen LogP) is 2.21. The zero-order chi connectivity index (χ0) is 18.0. The van der Waals surface area contributed by atoms with Crippen molar-refractivity contribution in [1.82, 2.24) is 14.7 Å². The fraction of sp³-hybridized carbons (Fsp3) is 0.421. The molecular formula is C19H24N4O2. The van der Waals surface area contributed by atoms with Gasteiger partial charge in [-0.3, -0.25) is 14.3 Å². The van der Waals surface area contributed by atoms with E-state index < -0.39 is 0 Å². The molecule has 2 amide bonds. The smallest absolute Gasteiger partial charge is 0.228 e. The second-order valence-corrected chi connectivity index (χ2v) is 6.82. The Hall–Kier alpha value is -2.63. The minimum absolute atomic E-state index is 0.00892. The van der Waals surface area contributed by atoms with Gasteiger partial charge in [0.15, 0.2) is 0 Å². The Balaban J connectivity index is 1.73. The van der Waals surface area contributed by atoms with E-state index in [4.69, 9.17) is 0 Å². The lowest BCUT2D eigenvalue weighted by Gasteiger charge is -2.29. The quantitative estimate of drug-likeness (QED) is 0.838. The first kappa shape index (κ1) is 17.2. The molecule has 0 saturated carbocycles. The summed E-state index contributed by atoms with van der Waals surface area (Å²) < 4.78 is 1.73. The lowest BCUT2D eigenvalue weighted by molar-refractivity contribution is -0.138. The highest BCUT2D eigenvalue weighted by Gasteiger charge is 2.37. The van der Waals surface area contributed by atoms with Crippen LogP contribution in [0.4, 0.5) is 5.69 Å². The Morgan fingerprint density at radius 3 is 2.64 bits per heavy atom. The number of hydrogen-bond donors (Lipinski definition) is 0. The van der Waals surface area contributed by atoms with E-state index >= 15 is 0 Å². The Kier molecular flexibility index (Phi) is 4.88. The molecule has 25 heavy (non-hydrogen) atoms. The second kappa shape index (κ2) is 7.09. The molecule has 1 aliphatic heterocycles. The van der Waals surface area contributed by atoms with Crippen molar-refractivity contribution in [1.29, 1.82) is 0 Å². The Morgan fingerprint density at radius 2 is 2.04 bits per heavy atom. The van der Waals surface area contributed by atoms with Crippen molar-refractivity contribution in [2.24, 2.45) is 13.0 Å². The first-order valence-electron chi connectivity index (χ1n) is 8.59. The number of hydrogen-bond acceptors (Lipinski definition) is 3. The monoisotopic (exact) mass is 340 g/mol. The summed E-state index contributed by atoms with van der Waals surface area (Å²) in [6.07, 6.45) is 3.96. The van der Waals surface area contributed by atoms with Gasteiger partial charge in [-0.15, -0.1) is 0 Å². The highest BCUT2D eigenvalue weighted by molar-refractivity contribution is 6.00. The normalized spacial score (nSPS) is 17.4. The van der Waals surface area contributed by atoms with E-state index in [9.17, 15) is 9.59 Å². The van der Waals surface area contributed by atoms with Gasteiger partial charge in [-0.2, -0.15) is 5.10 Å². The largest absolute Gasteiger partial charge is 0.336 e. The zero-order valence-corrected chi connectivity index (χ0v) is 14.9. The molecule has 2 heterocycles. The third-order valence-electron chi connectivity index (χ3n) is 4.56. The summed E-state index contributed by atoms with van der Waals surface area (Å²) >= 11 is 0. The molecule has 0 radical (unpaired) electrons. The van der Waals surface area contributed by atoms with Crippen LogP contribution < -0.4 is 4.90 Å². The van der Waals surface area contributed by atoms with Crippen LogP contribution in [0.15, 0.2) is 42.7 Å². The molecule has 0 N–H and O–H groups in total. The highest BCUT2D eigenvalue weighted by atomic mass is 16.2. The fourth-order valence-electron chi connectivity index (χ4n) is 3.23. The van der Waals surface area contributed by atoms with Crippen molar-refractivity contribution < 1.29 is 9.59 Å². The van der Waals surface area contributed by atoms with Gasteiger partial charge in [0.2, 0.25) is 11.8 Å². The molecule has 1 aromatic heterocycles. The predicted molar refractivity (Wildman–Crippen MR) is 95.8 cm³/mol. The van der Waals surface area contributed by atoms with Crippen molar-refractivity contribution >= 4 is 17.5 Å². The molecule has 1 saturated heterocycles. The van der Waals surface area contributed by atoms with Gasteiger partial charge in [0.25, 0.3) is 0 Å². The minimum atomic E-state index is -0.299. The van der Waals surface area contributed by atoms with Crippen LogP contribution in [0.1, 0.15) is 25.8 Å². The minimum Gasteiger partial charge on any atom is -0.336 e. The van der Waals surface area contributed by atoms with Gasteiger partial charge >= 0.3 is 0 Å². The molecular weight excluding hydrogens is 316 g/mol. The van der Waals surface area contributed by atoms with E-state index in [-0.39, 0.29) is 30.2 Å². The number of carbonyl (C=O) groups excluding carboxylic acids is 2. The van der Waals surface area contributed by atoms with Crippen molar-refractivity contribution in [3.8, 4) is 0 Å². The third-order valence-corrected chi connectivity index (χ3v) is 4.56. The van der Waals surface area contributed by atoms with Crippen LogP contribution in [0.3, 0.4) is 0 Å². The summed E-state index contributed by atoms with van der Waals surface area (Å²) in [7, 11) is 1.86. The maximum Gasteiger partial charge on any atom is 0.228 e. The van der Waals surface area contributed by atoms with Crippen LogP contribution in [0.25, 0.3) is 0 Å². The Bertz CT molecular complexity index is 754. The maximum atomic E-state index is 13.0. The summed E-state index contributed by atoms with van der Waals surface area (Å²) in [5, 5.41) is 4.17. The first-order valence-corrected chi connectivity index (χ1v) is 8.59. The molecule has 0 bridgehead atoms. The van der Waals surface area contributed by atoms with E-state index in [1.54, 1.807) is 15.8 Å². The number of aryl methyl sites for hydroxylation is 1. The van der Waals surface area contributed by atoms with Crippen LogP contribution in [0.5, 0.6) is 0 Å². The second-order valence-electron chi connectivity index (χ2n) is 6.82. The van der Waals surface area contributed by atoms with Gasteiger partial charge in [0.05, 0.1) is 12.1 Å². The molecule has 2 aromatic rings. The molecule has 1 fully saturated rings. The van der Waals surface area contributed by atoms with Gasteiger partial charge in [-0.25, -0.2) is 0 Å². The third kappa shape index (κ3) is 3.73. The van der Waals surface area contributed by atoms with Crippen LogP contribution in [0.2, 0.25) is 0 Å². The van der Waals surface area contributed by atoms with E-state index in [1.165, 1.54) is 0 Å². The van der Waals surface area contributed by atoms with E-state index in [0.717, 1.165) is 11.3 Å². The molecule has 0 aliphatic carbocycles. The molecule has 3 rings (SSSR count). The average molecular weight is 340 g/mol. The number of amides is 2. The SMILES string of the molecule is CC(C)N(Cc1cnn(C)c1)C(=O)[C@H]1CC(=O)N(c2ccccc2)C1. The van der Waals surface area contributed by atoms with Crippen molar-refractivity contribution in [3.05, 3.63) is 48.3 Å². The number of benzene rings is 1. The fourth-order valence-corrected chi connectivity index (χ4v) is 3.23. The summed E-state index contributed by atoms with van der Waals surface area (Å²) in [6, 6.07) is 9.59. The molecule has 132 valence electrons. The summed E-state index contributed by atoms with van der Waals surface area (Å²) in [4.78, 5) is 29.0. The number of aromatic nitrogens is 2. The molecule has 0 spiro atoms. The zero-order valence-electron chi connectivity index (χ0n) is 14.9. The molecule has 1 aromatic carbocycles. The molecule has 1 aliphatic rings. The van der Waals surface area contributed by atoms with Crippen LogP contribution in [-0.2, 0) is 23.2 Å². The molecule has 6 nitrogen and oxygen atoms in total. The van der Waals surface area contributed by atoms with Crippen molar-refractivity contribution in [2.75, 3.05) is 11.4 Å². The highest BCUT2D eigenvalue weighted by Crippen LogP contribution is 2.27. The van der Waals surface area contributed by atoms with Gasteiger partial charge in [-0.05, 0) is 26.0 Å². The lowest BCUT2D eigenvalue weighted by Crippen LogP contribution is -2.41. The Labute approximate surface area is 148 Å². The molecule has 0 unspecified atom stereocenters. The number of para-hydroxylation sites is 1. The van der Waals surface area contributed by atoms with Crippen LogP contribution >= 0.6 is 0 Å². The molecule has 1 atom stereocenters. The number of carbonyl (C=O) groups is 2. The number of nitrogens with zero attached hydrogens (tertiary/aromatic N) is 4. The first-order chi connectivity index (χ1) is 12.0. The molecule has 6 heteroatoms. The van der Waals surface area contributed by atoms with Gasteiger partial charge in [0, 0.05) is 50.0 Å². The maximum absolute atomic E-state index is 13.0. The van der Waals surface area contributed by atoms with Crippen molar-refractivity contribution in [3.63, 3.8) is 0 Å². The number of rotatable bonds is 5. The average Bonchev–Trinajstić information content (AvgIpc) is 3.18. The van der Waals surface area contributed by atoms with Crippen LogP contribution in [-0.4, -0.2) is 39.1 Å². The van der Waals surface area contributed by atoms with E-state index in [0.29, 0.717) is 13.1 Å². The van der Waals surface area contributed by atoms with E-state index in [2.05, 4.69) is 5.10 Å². The topological polar surface area (TPSA) is 58.4 Å². The van der Waals surface area contributed by atoms with Gasteiger partial charge in [-0.1, -0.05) is 18.2 Å². The van der Waals surface area contributed by atoms with Gasteiger partial charge < -0.3 is 9.80 Å². The van der Waals surface area contributed by atoms with Gasteiger partial charge in [0.1, 0.15) is 0 Å². The summed E-state index contributed by atoms with van der Waals surface area (Å²) in [5.41, 5.74) is 1.85. The summed E-state index contributed by atoms with van der Waals surface area (Å²) in [6.45, 7) is 4.96. The Morgan fingerprint density at radius 1 is 1.32 bits per heavy atom.